The van der Waals surface area contributed by atoms with E-state index in [9.17, 15) is 18.0 Å². The first-order valence-corrected chi connectivity index (χ1v) is 12.1. The van der Waals surface area contributed by atoms with Crippen molar-refractivity contribution in [1.82, 2.24) is 4.98 Å². The lowest BCUT2D eigenvalue weighted by molar-refractivity contribution is -0.137. The quantitative estimate of drug-likeness (QED) is 0.428. The maximum Gasteiger partial charge on any atom is 0.416 e. The Balaban J connectivity index is 1.53. The van der Waals surface area contributed by atoms with E-state index in [1.54, 1.807) is 6.07 Å². The van der Waals surface area contributed by atoms with Gasteiger partial charge in [0, 0.05) is 19.6 Å². The molecule has 0 saturated heterocycles. The number of hydrogen-bond acceptors (Lipinski definition) is 7. The second kappa shape index (κ2) is 11.0. The Bertz CT molecular complexity index is 1150. The van der Waals surface area contributed by atoms with Gasteiger partial charge in [0.15, 0.2) is 5.13 Å². The Hall–Kier alpha value is -3.27. The highest BCUT2D eigenvalue weighted by Crippen LogP contribution is 2.33. The number of aromatic nitrogens is 1. The predicted octanol–water partition coefficient (Wildman–Crippen LogP) is 5.63. The molecule has 0 atom stereocenters. The molecule has 2 heterocycles. The Kier molecular flexibility index (Phi) is 7.80. The molecule has 186 valence electrons. The van der Waals surface area contributed by atoms with Crippen LogP contribution in [-0.4, -0.2) is 44.3 Å². The van der Waals surface area contributed by atoms with Crippen LogP contribution in [0.4, 0.5) is 24.0 Å². The minimum absolute atomic E-state index is 0.336. The molecule has 4 rings (SSSR count). The summed E-state index contributed by atoms with van der Waals surface area (Å²) in [5, 5.41) is 0.724. The van der Waals surface area contributed by atoms with Gasteiger partial charge in [-0.3, -0.25) is 0 Å². The largest absolute Gasteiger partial charge is 0.490 e. The third-order valence-electron chi connectivity index (χ3n) is 5.71. The van der Waals surface area contributed by atoms with E-state index in [-0.39, 0.29) is 0 Å². The molecule has 1 aliphatic heterocycles. The molecule has 0 amide bonds. The second-order valence-electron chi connectivity index (χ2n) is 8.13. The maximum absolute atomic E-state index is 13.2. The molecule has 0 bridgehead atoms. The zero-order valence-electron chi connectivity index (χ0n) is 19.3. The number of benzene rings is 2. The number of ether oxygens (including phenoxy) is 2. The van der Waals surface area contributed by atoms with Crippen LogP contribution in [0.15, 0.2) is 54.7 Å². The molecule has 0 N–H and O–H groups in total. The van der Waals surface area contributed by atoms with Gasteiger partial charge in [-0.15, -0.1) is 0 Å². The van der Waals surface area contributed by atoms with Gasteiger partial charge in [-0.2, -0.15) is 13.2 Å². The van der Waals surface area contributed by atoms with Crippen molar-refractivity contribution in [3.05, 3.63) is 70.7 Å². The molecule has 0 spiro atoms. The molecule has 1 aliphatic rings. The third-order valence-corrected chi connectivity index (χ3v) is 6.75. The second-order valence-corrected chi connectivity index (χ2v) is 9.14. The Morgan fingerprint density at radius 2 is 1.91 bits per heavy atom. The molecule has 2 aromatic carbocycles. The fourth-order valence-electron chi connectivity index (χ4n) is 3.97. The number of thiazole rings is 1. The van der Waals surface area contributed by atoms with E-state index >= 15 is 0 Å². The number of fused-ring (bicyclic) bond motifs is 1. The van der Waals surface area contributed by atoms with Crippen LogP contribution in [0, 0.1) is 0 Å². The van der Waals surface area contributed by atoms with Crippen molar-refractivity contribution >= 4 is 28.1 Å². The minimum atomic E-state index is -4.38. The van der Waals surface area contributed by atoms with Crippen LogP contribution in [0.25, 0.3) is 0 Å². The lowest BCUT2D eigenvalue weighted by atomic mass is 10.1. The molecule has 0 aliphatic carbocycles. The van der Waals surface area contributed by atoms with Crippen molar-refractivity contribution in [2.45, 2.75) is 25.6 Å². The molecule has 1 aromatic heterocycles. The van der Waals surface area contributed by atoms with Crippen molar-refractivity contribution in [3.8, 4) is 5.75 Å². The summed E-state index contributed by atoms with van der Waals surface area (Å²) < 4.78 is 50.6. The molecule has 0 saturated carbocycles. The van der Waals surface area contributed by atoms with Crippen LogP contribution in [0.3, 0.4) is 0 Å². The van der Waals surface area contributed by atoms with Gasteiger partial charge in [-0.25, -0.2) is 9.78 Å². The number of alkyl halides is 3. The smallest absolute Gasteiger partial charge is 0.416 e. The van der Waals surface area contributed by atoms with Crippen molar-refractivity contribution in [1.29, 1.82) is 0 Å². The number of carbonyl (C=O) groups is 1. The minimum Gasteiger partial charge on any atom is -0.490 e. The number of hydrogen-bond donors (Lipinski definition) is 0. The summed E-state index contributed by atoms with van der Waals surface area (Å²) >= 11 is 1.28. The van der Waals surface area contributed by atoms with E-state index in [2.05, 4.69) is 14.8 Å². The predicted molar refractivity (Wildman–Crippen MR) is 129 cm³/mol. The fraction of sp³-hybridized carbons (Fsp3) is 0.360. The number of carbonyl (C=O) groups excluding carboxylic acids is 1. The van der Waals surface area contributed by atoms with Crippen LogP contribution in [-0.2, 0) is 17.5 Å². The van der Waals surface area contributed by atoms with Gasteiger partial charge >= 0.3 is 12.1 Å². The number of nitrogens with zero attached hydrogens (tertiary/aromatic N) is 3. The first kappa shape index (κ1) is 24.8. The van der Waals surface area contributed by atoms with E-state index in [1.807, 2.05) is 24.3 Å². The lowest BCUT2D eigenvalue weighted by Gasteiger charge is -2.27. The van der Waals surface area contributed by atoms with Crippen LogP contribution < -0.4 is 14.5 Å². The SMILES string of the molecule is COC(=O)c1cnc(N2CCCCN(Cc3cccc(C(F)(F)F)c3)c3ccccc3OCC2)s1. The summed E-state index contributed by atoms with van der Waals surface area (Å²) in [4.78, 5) is 20.8. The molecular formula is C25H26F3N3O3S. The average molecular weight is 506 g/mol. The molecule has 0 radical (unpaired) electrons. The highest BCUT2D eigenvalue weighted by Gasteiger charge is 2.30. The van der Waals surface area contributed by atoms with E-state index in [4.69, 9.17) is 9.47 Å². The van der Waals surface area contributed by atoms with Crippen molar-refractivity contribution in [2.24, 2.45) is 0 Å². The van der Waals surface area contributed by atoms with Crippen LogP contribution >= 0.6 is 11.3 Å². The molecule has 0 fully saturated rings. The Morgan fingerprint density at radius 1 is 1.11 bits per heavy atom. The number of anilines is 2. The standard InChI is InChI=1S/C25H26F3N3O3S/c1-33-23(32)22-16-29-24(35-22)30-11-4-5-12-31(20-9-2-3-10-21(20)34-14-13-30)17-18-7-6-8-19(15-18)25(26,27)28/h2-3,6-10,15-16H,4-5,11-14,17H2,1H3. The van der Waals surface area contributed by atoms with E-state index in [1.165, 1.54) is 36.8 Å². The normalized spacial score (nSPS) is 15.1. The van der Waals surface area contributed by atoms with Gasteiger partial charge in [0.05, 0.1) is 31.1 Å². The number of halogens is 3. The number of methoxy groups -OCH3 is 1. The van der Waals surface area contributed by atoms with Gasteiger partial charge in [0.2, 0.25) is 0 Å². The monoisotopic (exact) mass is 505 g/mol. The maximum atomic E-state index is 13.2. The Labute approximate surface area is 205 Å². The number of rotatable bonds is 4. The summed E-state index contributed by atoms with van der Waals surface area (Å²) in [7, 11) is 1.34. The highest BCUT2D eigenvalue weighted by molar-refractivity contribution is 7.17. The fourth-order valence-corrected chi connectivity index (χ4v) is 4.86. The summed E-state index contributed by atoms with van der Waals surface area (Å²) in [6.45, 7) is 2.67. The van der Waals surface area contributed by atoms with Crippen LogP contribution in [0.2, 0.25) is 0 Å². The summed E-state index contributed by atoms with van der Waals surface area (Å²) in [5.41, 5.74) is 0.785. The van der Waals surface area contributed by atoms with Gasteiger partial charge in [0.1, 0.15) is 17.2 Å². The third kappa shape index (κ3) is 6.25. The molecule has 3 aromatic rings. The van der Waals surface area contributed by atoms with Gasteiger partial charge in [-0.1, -0.05) is 35.6 Å². The van der Waals surface area contributed by atoms with Crippen molar-refractivity contribution < 1.29 is 27.4 Å². The topological polar surface area (TPSA) is 54.9 Å². The molecule has 6 nitrogen and oxygen atoms in total. The Morgan fingerprint density at radius 3 is 2.71 bits per heavy atom. The molecular weight excluding hydrogens is 479 g/mol. The summed E-state index contributed by atoms with van der Waals surface area (Å²) in [6, 6.07) is 13.0. The van der Waals surface area contributed by atoms with Crippen LogP contribution in [0.1, 0.15) is 33.6 Å². The zero-order valence-corrected chi connectivity index (χ0v) is 20.1. The summed E-state index contributed by atoms with van der Waals surface area (Å²) in [5.74, 6) is 0.262. The molecule has 10 heteroatoms. The van der Waals surface area contributed by atoms with Gasteiger partial charge < -0.3 is 19.3 Å². The van der Waals surface area contributed by atoms with Gasteiger partial charge in [0.25, 0.3) is 0 Å². The highest BCUT2D eigenvalue weighted by atomic mass is 32.1. The summed E-state index contributed by atoms with van der Waals surface area (Å²) in [6.07, 6.45) is -1.20. The van der Waals surface area contributed by atoms with Gasteiger partial charge in [-0.05, 0) is 42.7 Å². The van der Waals surface area contributed by atoms with Crippen molar-refractivity contribution in [3.63, 3.8) is 0 Å². The number of esters is 1. The molecule has 35 heavy (non-hydrogen) atoms. The van der Waals surface area contributed by atoms with Crippen molar-refractivity contribution in [2.75, 3.05) is 43.2 Å². The zero-order chi connectivity index (χ0) is 24.8. The average Bonchev–Trinajstić information content (AvgIpc) is 3.33. The first-order chi connectivity index (χ1) is 16.8. The lowest BCUT2D eigenvalue weighted by Crippen LogP contribution is -2.29. The molecule has 0 unspecified atom stereocenters. The van der Waals surface area contributed by atoms with Crippen LogP contribution in [0.5, 0.6) is 5.75 Å². The van der Waals surface area contributed by atoms with E-state index < -0.39 is 17.7 Å². The van der Waals surface area contributed by atoms with E-state index in [0.29, 0.717) is 49.0 Å². The first-order valence-electron chi connectivity index (χ1n) is 11.3. The van der Waals surface area contributed by atoms with E-state index in [0.717, 1.165) is 29.7 Å². The number of para-hydroxylation sites is 2.